The molecule has 0 radical (unpaired) electrons. The van der Waals surface area contributed by atoms with Crippen molar-refractivity contribution in [3.05, 3.63) is 113 Å². The maximum Gasteiger partial charge on any atom is 0.314 e. The second-order valence-electron chi connectivity index (χ2n) is 9.65. The third-order valence-corrected chi connectivity index (χ3v) is 7.17. The van der Waals surface area contributed by atoms with Crippen LogP contribution in [0.5, 0.6) is 0 Å². The summed E-state index contributed by atoms with van der Waals surface area (Å²) in [4.78, 5) is 11.6. The summed E-state index contributed by atoms with van der Waals surface area (Å²) in [6.45, 7) is 1.76. The molecule has 6 rings (SSSR count). The van der Waals surface area contributed by atoms with Gasteiger partial charge in [0.1, 0.15) is 0 Å². The van der Waals surface area contributed by atoms with Crippen LogP contribution in [0.4, 0.5) is 0 Å². The Balaban J connectivity index is 1.22. The van der Waals surface area contributed by atoms with Crippen molar-refractivity contribution in [1.29, 1.82) is 0 Å². The minimum atomic E-state index is -1.19. The Labute approximate surface area is 218 Å². The van der Waals surface area contributed by atoms with Crippen LogP contribution in [0.1, 0.15) is 53.1 Å². The summed E-state index contributed by atoms with van der Waals surface area (Å²) in [6.07, 6.45) is 0.637. The first kappa shape index (κ1) is 23.8. The Morgan fingerprint density at radius 1 is 0.921 bits per heavy atom. The molecule has 0 saturated heterocycles. The molecule has 2 aromatic heterocycles. The standard InChI is InChI=1S/C30H25N3O5/c1-18-25(26(34)28-32-31-24(37-28)17-19-5-3-2-4-6-19)27(38-33-18)22-9-7-20(8-10-22)21-11-13-23(14-12-21)30(15-16-30)29(35)36/h2-14,26,34H,15-17H2,1H3,(H,35,36)/t26-/m1/s1. The zero-order valence-corrected chi connectivity index (χ0v) is 20.7. The number of aliphatic carboxylic acids is 1. The van der Waals surface area contributed by atoms with E-state index in [0.717, 1.165) is 27.8 Å². The van der Waals surface area contributed by atoms with Crippen molar-refractivity contribution < 1.29 is 23.9 Å². The van der Waals surface area contributed by atoms with E-state index in [1.807, 2.05) is 78.9 Å². The molecule has 1 saturated carbocycles. The summed E-state index contributed by atoms with van der Waals surface area (Å²) in [5.41, 5.74) is 4.85. The number of aryl methyl sites for hydroxylation is 1. The van der Waals surface area contributed by atoms with Crippen LogP contribution < -0.4 is 0 Å². The fourth-order valence-electron chi connectivity index (χ4n) is 4.80. The Kier molecular flexibility index (Phi) is 5.88. The fourth-order valence-corrected chi connectivity index (χ4v) is 4.80. The minimum Gasteiger partial charge on any atom is -0.481 e. The lowest BCUT2D eigenvalue weighted by Gasteiger charge is -2.11. The molecule has 0 aliphatic heterocycles. The number of carboxylic acid groups (broad SMARTS) is 1. The molecule has 1 aliphatic carbocycles. The van der Waals surface area contributed by atoms with Gasteiger partial charge >= 0.3 is 5.97 Å². The van der Waals surface area contributed by atoms with E-state index in [9.17, 15) is 15.0 Å². The monoisotopic (exact) mass is 507 g/mol. The van der Waals surface area contributed by atoms with Crippen molar-refractivity contribution in [2.45, 2.75) is 37.7 Å². The minimum absolute atomic E-state index is 0.0787. The molecule has 1 fully saturated rings. The van der Waals surface area contributed by atoms with Crippen LogP contribution in [0, 0.1) is 6.92 Å². The van der Waals surface area contributed by atoms with Crippen LogP contribution in [0.25, 0.3) is 22.5 Å². The molecule has 190 valence electrons. The third kappa shape index (κ3) is 4.29. The lowest BCUT2D eigenvalue weighted by atomic mass is 9.93. The third-order valence-electron chi connectivity index (χ3n) is 7.17. The number of hydrogen-bond donors (Lipinski definition) is 2. The molecule has 2 N–H and O–H groups in total. The van der Waals surface area contributed by atoms with E-state index in [1.54, 1.807) is 6.92 Å². The van der Waals surface area contributed by atoms with Gasteiger partial charge in [0.05, 0.1) is 23.1 Å². The van der Waals surface area contributed by atoms with E-state index in [1.165, 1.54) is 0 Å². The van der Waals surface area contributed by atoms with Gasteiger partial charge in [-0.25, -0.2) is 0 Å². The van der Waals surface area contributed by atoms with Crippen LogP contribution in [0.15, 0.2) is 87.8 Å². The first-order valence-electron chi connectivity index (χ1n) is 12.4. The van der Waals surface area contributed by atoms with E-state index >= 15 is 0 Å². The van der Waals surface area contributed by atoms with Gasteiger partial charge in [-0.1, -0.05) is 84.0 Å². The summed E-state index contributed by atoms with van der Waals surface area (Å²) in [5, 5.41) is 32.9. The molecule has 0 unspecified atom stereocenters. The first-order valence-corrected chi connectivity index (χ1v) is 12.4. The first-order chi connectivity index (χ1) is 18.4. The van der Waals surface area contributed by atoms with Crippen LogP contribution >= 0.6 is 0 Å². The number of carbonyl (C=O) groups is 1. The highest BCUT2D eigenvalue weighted by molar-refractivity contribution is 5.85. The molecule has 8 nitrogen and oxygen atoms in total. The van der Waals surface area contributed by atoms with Crippen LogP contribution in [0.2, 0.25) is 0 Å². The highest BCUT2D eigenvalue weighted by Gasteiger charge is 2.51. The number of rotatable bonds is 8. The normalized spacial score (nSPS) is 14.8. The molecule has 8 heteroatoms. The number of nitrogens with zero attached hydrogens (tertiary/aromatic N) is 3. The van der Waals surface area contributed by atoms with Crippen LogP contribution in [-0.4, -0.2) is 31.5 Å². The van der Waals surface area contributed by atoms with Crippen molar-refractivity contribution in [1.82, 2.24) is 15.4 Å². The number of aliphatic hydroxyl groups excluding tert-OH is 1. The summed E-state index contributed by atoms with van der Waals surface area (Å²) < 4.78 is 11.4. The fraction of sp³-hybridized carbons (Fsp3) is 0.200. The quantitative estimate of drug-likeness (QED) is 0.283. The lowest BCUT2D eigenvalue weighted by molar-refractivity contribution is -0.140. The van der Waals surface area contributed by atoms with Crippen molar-refractivity contribution >= 4 is 5.97 Å². The SMILES string of the molecule is Cc1noc(-c2ccc(-c3ccc(C4(C(=O)O)CC4)cc3)cc2)c1[C@@H](O)c1nnc(Cc2ccccc2)o1. The Bertz CT molecular complexity index is 1580. The number of benzene rings is 3. The van der Waals surface area contributed by atoms with Gasteiger partial charge in [0.25, 0.3) is 0 Å². The molecular formula is C30H25N3O5. The number of hydrogen-bond acceptors (Lipinski definition) is 7. The number of aromatic nitrogens is 3. The highest BCUT2D eigenvalue weighted by atomic mass is 16.5. The van der Waals surface area contributed by atoms with Gasteiger partial charge in [-0.15, -0.1) is 10.2 Å². The molecular weight excluding hydrogens is 482 g/mol. The molecule has 0 amide bonds. The van der Waals surface area contributed by atoms with Gasteiger partial charge in [-0.2, -0.15) is 0 Å². The summed E-state index contributed by atoms with van der Waals surface area (Å²) >= 11 is 0. The smallest absolute Gasteiger partial charge is 0.314 e. The van der Waals surface area contributed by atoms with E-state index in [-0.39, 0.29) is 5.89 Å². The topological polar surface area (TPSA) is 122 Å². The van der Waals surface area contributed by atoms with Gasteiger partial charge in [-0.05, 0) is 42.0 Å². The molecule has 5 aromatic rings. The molecule has 0 bridgehead atoms. The second kappa shape index (κ2) is 9.39. The van der Waals surface area contributed by atoms with Crippen molar-refractivity contribution in [2.24, 2.45) is 0 Å². The zero-order valence-electron chi connectivity index (χ0n) is 20.7. The van der Waals surface area contributed by atoms with E-state index in [4.69, 9.17) is 8.94 Å². The average molecular weight is 508 g/mol. The summed E-state index contributed by atoms with van der Waals surface area (Å²) in [6, 6.07) is 25.2. The Morgan fingerprint density at radius 3 is 2.18 bits per heavy atom. The van der Waals surface area contributed by atoms with Gasteiger partial charge in [0.2, 0.25) is 11.8 Å². The highest BCUT2D eigenvalue weighted by Crippen LogP contribution is 2.48. The van der Waals surface area contributed by atoms with Gasteiger partial charge in [0, 0.05) is 5.56 Å². The summed E-state index contributed by atoms with van der Waals surface area (Å²) in [7, 11) is 0. The molecule has 1 aliphatic rings. The Morgan fingerprint density at radius 2 is 1.55 bits per heavy atom. The predicted octanol–water partition coefficient (Wildman–Crippen LogP) is 5.49. The van der Waals surface area contributed by atoms with Gasteiger partial charge in [-0.3, -0.25) is 4.79 Å². The second-order valence-corrected chi connectivity index (χ2v) is 9.65. The van der Waals surface area contributed by atoms with Crippen molar-refractivity contribution in [3.8, 4) is 22.5 Å². The average Bonchev–Trinajstić information content (AvgIpc) is 3.49. The van der Waals surface area contributed by atoms with E-state index in [2.05, 4.69) is 15.4 Å². The molecule has 0 spiro atoms. The van der Waals surface area contributed by atoms with E-state index in [0.29, 0.717) is 42.2 Å². The molecule has 1 atom stereocenters. The number of aliphatic hydroxyl groups is 1. The maximum absolute atomic E-state index is 11.6. The van der Waals surface area contributed by atoms with Crippen molar-refractivity contribution in [2.75, 3.05) is 0 Å². The van der Waals surface area contributed by atoms with Crippen LogP contribution in [0.3, 0.4) is 0 Å². The number of carboxylic acids is 1. The summed E-state index contributed by atoms with van der Waals surface area (Å²) in [5.74, 6) is 0.155. The molecule has 2 heterocycles. The predicted molar refractivity (Wildman–Crippen MR) is 138 cm³/mol. The van der Waals surface area contributed by atoms with Gasteiger partial charge in [0.15, 0.2) is 11.9 Å². The largest absolute Gasteiger partial charge is 0.481 e. The maximum atomic E-state index is 11.6. The Hall–Kier alpha value is -4.56. The van der Waals surface area contributed by atoms with Gasteiger partial charge < -0.3 is 19.2 Å². The molecule has 38 heavy (non-hydrogen) atoms. The van der Waals surface area contributed by atoms with Crippen LogP contribution in [-0.2, 0) is 16.6 Å². The zero-order chi connectivity index (χ0) is 26.3. The van der Waals surface area contributed by atoms with Crippen molar-refractivity contribution in [3.63, 3.8) is 0 Å². The van der Waals surface area contributed by atoms with E-state index < -0.39 is 17.5 Å². The lowest BCUT2D eigenvalue weighted by Crippen LogP contribution is -2.19. The molecule has 3 aromatic carbocycles.